The Labute approximate surface area is 110 Å². The smallest absolute Gasteiger partial charge is 0.238 e. The third kappa shape index (κ3) is 3.00. The van der Waals surface area contributed by atoms with Crippen molar-refractivity contribution in [3.05, 3.63) is 16.7 Å². The SMILES string of the molecule is CCCCS(=O)(=O)C1OC2=C(OCC2)C1O[NH+]([O-])O. The molecule has 2 aliphatic rings. The minimum absolute atomic E-state index is 0.0613. The summed E-state index contributed by atoms with van der Waals surface area (Å²) in [5.41, 5.74) is -1.32. The minimum atomic E-state index is -3.59. The lowest BCUT2D eigenvalue weighted by atomic mass is 10.3. The van der Waals surface area contributed by atoms with E-state index >= 15 is 0 Å². The number of hydrogen-bond donors (Lipinski definition) is 2. The van der Waals surface area contributed by atoms with E-state index in [1.165, 1.54) is 0 Å². The highest BCUT2D eigenvalue weighted by Gasteiger charge is 2.50. The molecule has 0 aromatic heterocycles. The zero-order chi connectivity index (χ0) is 14.0. The van der Waals surface area contributed by atoms with Gasteiger partial charge in [0, 0.05) is 6.42 Å². The summed E-state index contributed by atoms with van der Waals surface area (Å²) >= 11 is 0. The van der Waals surface area contributed by atoms with Crippen molar-refractivity contribution < 1.29 is 33.3 Å². The Bertz CT molecular complexity index is 458. The molecule has 0 saturated carbocycles. The van der Waals surface area contributed by atoms with E-state index in [2.05, 4.69) is 4.84 Å². The van der Waals surface area contributed by atoms with Gasteiger partial charge in [-0.15, -0.1) is 0 Å². The van der Waals surface area contributed by atoms with Crippen molar-refractivity contribution in [2.45, 2.75) is 37.7 Å². The second-order valence-electron chi connectivity index (χ2n) is 4.40. The van der Waals surface area contributed by atoms with Gasteiger partial charge in [0.15, 0.2) is 15.6 Å². The highest BCUT2D eigenvalue weighted by molar-refractivity contribution is 7.91. The number of nitrogens with one attached hydrogen (secondary N) is 1. The van der Waals surface area contributed by atoms with Gasteiger partial charge in [0.1, 0.15) is 5.76 Å². The molecule has 0 aromatic carbocycles. The average molecular weight is 295 g/mol. The standard InChI is InChI=1S/C10H17NO7S/c1-2-3-6-19(14,15)10-9(18-11(12)13)8-7(17-10)4-5-16-8/h9-12H,2-6H2,1H3. The molecule has 0 saturated heterocycles. The summed E-state index contributed by atoms with van der Waals surface area (Å²) in [6.07, 6.45) is 0.444. The molecule has 0 bridgehead atoms. The van der Waals surface area contributed by atoms with Crippen molar-refractivity contribution in [2.24, 2.45) is 0 Å². The molecule has 2 rings (SSSR count). The largest absolute Gasteiger partial charge is 0.566 e. The molecule has 2 aliphatic heterocycles. The molecule has 0 amide bonds. The maximum absolute atomic E-state index is 12.1. The molecule has 9 heteroatoms. The van der Waals surface area contributed by atoms with Crippen LogP contribution in [0.2, 0.25) is 0 Å². The van der Waals surface area contributed by atoms with E-state index in [1.54, 1.807) is 0 Å². The summed E-state index contributed by atoms with van der Waals surface area (Å²) in [5.74, 6) is 0.526. The first-order valence-corrected chi connectivity index (χ1v) is 7.81. The molecular formula is C10H17NO7S. The second-order valence-corrected chi connectivity index (χ2v) is 6.60. The maximum atomic E-state index is 12.1. The highest BCUT2D eigenvalue weighted by Crippen LogP contribution is 2.37. The molecule has 0 fully saturated rings. The van der Waals surface area contributed by atoms with E-state index in [0.717, 1.165) is 6.42 Å². The van der Waals surface area contributed by atoms with Crippen molar-refractivity contribution in [3.8, 4) is 0 Å². The van der Waals surface area contributed by atoms with E-state index < -0.39 is 26.8 Å². The number of sulfone groups is 1. The van der Waals surface area contributed by atoms with Gasteiger partial charge < -0.3 is 14.7 Å². The molecule has 8 nitrogen and oxygen atoms in total. The summed E-state index contributed by atoms with van der Waals surface area (Å²) in [7, 11) is -3.59. The number of unbranched alkanes of at least 4 members (excludes halogenated alkanes) is 1. The second kappa shape index (κ2) is 5.63. The molecule has 0 radical (unpaired) electrons. The lowest BCUT2D eigenvalue weighted by Crippen LogP contribution is -3.04. The van der Waals surface area contributed by atoms with Gasteiger partial charge in [-0.1, -0.05) is 18.7 Å². The number of quaternary nitrogens is 1. The van der Waals surface area contributed by atoms with Crippen LogP contribution in [-0.2, 0) is 24.1 Å². The molecule has 19 heavy (non-hydrogen) atoms. The maximum Gasteiger partial charge on any atom is 0.238 e. The Hall–Kier alpha value is -0.870. The first kappa shape index (κ1) is 14.5. The molecule has 0 aliphatic carbocycles. The molecule has 2 N–H and O–H groups in total. The molecule has 3 atom stereocenters. The van der Waals surface area contributed by atoms with Gasteiger partial charge in [-0.25, -0.2) is 8.42 Å². The Kier molecular flexibility index (Phi) is 4.31. The lowest BCUT2D eigenvalue weighted by molar-refractivity contribution is -1.21. The Balaban J connectivity index is 2.17. The number of ether oxygens (including phenoxy) is 2. The van der Waals surface area contributed by atoms with Gasteiger partial charge in [0.2, 0.25) is 11.5 Å². The van der Waals surface area contributed by atoms with E-state index in [4.69, 9.17) is 14.7 Å². The molecule has 0 spiro atoms. The molecule has 2 heterocycles. The number of hydrogen-bond acceptors (Lipinski definition) is 7. The van der Waals surface area contributed by atoms with Gasteiger partial charge in [-0.3, -0.25) is 0 Å². The summed E-state index contributed by atoms with van der Waals surface area (Å²) in [4.78, 5) is 4.63. The van der Waals surface area contributed by atoms with Crippen LogP contribution in [0.1, 0.15) is 26.2 Å². The fourth-order valence-corrected chi connectivity index (χ4v) is 3.82. The lowest BCUT2D eigenvalue weighted by Gasteiger charge is -2.22. The van der Waals surface area contributed by atoms with Gasteiger partial charge >= 0.3 is 0 Å². The summed E-state index contributed by atoms with van der Waals surface area (Å²) in [6.45, 7) is 2.23. The summed E-state index contributed by atoms with van der Waals surface area (Å²) < 4.78 is 34.8. The van der Waals surface area contributed by atoms with Gasteiger partial charge in [0.25, 0.3) is 0 Å². The fourth-order valence-electron chi connectivity index (χ4n) is 2.08. The highest BCUT2D eigenvalue weighted by atomic mass is 32.2. The summed E-state index contributed by atoms with van der Waals surface area (Å²) in [5, 5.41) is 17.8. The molecular weight excluding hydrogens is 278 g/mol. The Morgan fingerprint density at radius 2 is 2.32 bits per heavy atom. The molecule has 110 valence electrons. The molecule has 0 aromatic rings. The third-order valence-corrected chi connectivity index (χ3v) is 4.90. The van der Waals surface area contributed by atoms with Crippen LogP contribution in [0.25, 0.3) is 0 Å². The molecule has 3 unspecified atom stereocenters. The van der Waals surface area contributed by atoms with E-state index in [-0.39, 0.29) is 11.5 Å². The van der Waals surface area contributed by atoms with Crippen molar-refractivity contribution in [3.63, 3.8) is 0 Å². The van der Waals surface area contributed by atoms with Crippen LogP contribution in [0.5, 0.6) is 0 Å². The van der Waals surface area contributed by atoms with E-state index in [9.17, 15) is 13.6 Å². The van der Waals surface area contributed by atoms with Crippen LogP contribution in [0.3, 0.4) is 0 Å². The van der Waals surface area contributed by atoms with Crippen molar-refractivity contribution in [1.29, 1.82) is 0 Å². The van der Waals surface area contributed by atoms with Crippen LogP contribution in [0.15, 0.2) is 11.5 Å². The van der Waals surface area contributed by atoms with E-state index in [0.29, 0.717) is 25.2 Å². The van der Waals surface area contributed by atoms with Crippen LogP contribution in [-0.4, -0.2) is 37.5 Å². The Morgan fingerprint density at radius 3 is 2.95 bits per heavy atom. The first-order chi connectivity index (χ1) is 8.95. The normalized spacial score (nSPS) is 27.9. The van der Waals surface area contributed by atoms with Crippen LogP contribution >= 0.6 is 0 Å². The summed E-state index contributed by atoms with van der Waals surface area (Å²) in [6, 6.07) is 0. The van der Waals surface area contributed by atoms with Crippen LogP contribution in [0.4, 0.5) is 0 Å². The zero-order valence-electron chi connectivity index (χ0n) is 10.5. The fraction of sp³-hybridized carbons (Fsp3) is 0.800. The first-order valence-electron chi connectivity index (χ1n) is 6.09. The van der Waals surface area contributed by atoms with Crippen LogP contribution in [0, 0.1) is 5.21 Å². The predicted octanol–water partition coefficient (Wildman–Crippen LogP) is -0.738. The average Bonchev–Trinajstić information content (AvgIpc) is 2.89. The predicted molar refractivity (Wildman–Crippen MR) is 62.2 cm³/mol. The topological polar surface area (TPSA) is 110 Å². The monoisotopic (exact) mass is 295 g/mol. The van der Waals surface area contributed by atoms with Crippen molar-refractivity contribution >= 4 is 9.84 Å². The third-order valence-electron chi connectivity index (χ3n) is 2.99. The van der Waals surface area contributed by atoms with Crippen LogP contribution < -0.4 is 5.39 Å². The van der Waals surface area contributed by atoms with Crippen molar-refractivity contribution in [1.82, 2.24) is 0 Å². The van der Waals surface area contributed by atoms with Crippen molar-refractivity contribution in [2.75, 3.05) is 12.4 Å². The van der Waals surface area contributed by atoms with E-state index in [1.807, 2.05) is 6.92 Å². The van der Waals surface area contributed by atoms with Gasteiger partial charge in [0.05, 0.1) is 12.4 Å². The minimum Gasteiger partial charge on any atom is -0.566 e. The Morgan fingerprint density at radius 1 is 1.58 bits per heavy atom. The van der Waals surface area contributed by atoms with Gasteiger partial charge in [-0.05, 0) is 6.42 Å². The number of rotatable bonds is 6. The van der Waals surface area contributed by atoms with Gasteiger partial charge in [-0.2, -0.15) is 10.0 Å². The zero-order valence-corrected chi connectivity index (χ0v) is 11.3. The quantitative estimate of drug-likeness (QED) is 0.621.